The normalized spacial score (nSPS) is 19.5. The Balaban J connectivity index is 1.45. The first-order valence-corrected chi connectivity index (χ1v) is 9.42. The first-order chi connectivity index (χ1) is 13.9. The molecule has 0 aromatic heterocycles. The Hall–Kier alpha value is -2.94. The highest BCUT2D eigenvalue weighted by molar-refractivity contribution is 6.30. The zero-order chi connectivity index (χ0) is 20.5. The fraction of sp³-hybridized carbons (Fsp3) is 0.250. The first-order valence-electron chi connectivity index (χ1n) is 9.05. The minimum Gasteiger partial charge on any atom is -0.383 e. The van der Waals surface area contributed by atoms with E-state index < -0.39 is 24.0 Å². The molecule has 4 N–H and O–H groups in total. The molecule has 0 saturated carbocycles. The maximum atomic E-state index is 12.8. The number of morpholine rings is 1. The van der Waals surface area contributed by atoms with Crippen LogP contribution in [-0.4, -0.2) is 48.1 Å². The number of rotatable bonds is 4. The van der Waals surface area contributed by atoms with Crippen molar-refractivity contribution in [3.63, 3.8) is 0 Å². The van der Waals surface area contributed by atoms with Gasteiger partial charge in [0.1, 0.15) is 5.84 Å². The molecule has 2 heterocycles. The Labute approximate surface area is 171 Å². The molecule has 4 rings (SSSR count). The maximum Gasteiger partial charge on any atom is 0.259 e. The van der Waals surface area contributed by atoms with E-state index in [-0.39, 0.29) is 6.61 Å². The van der Waals surface area contributed by atoms with Crippen LogP contribution in [0.15, 0.2) is 47.5 Å². The van der Waals surface area contributed by atoms with Crippen molar-refractivity contribution in [1.82, 2.24) is 0 Å². The van der Waals surface area contributed by atoms with Crippen LogP contribution in [0.4, 0.5) is 11.4 Å². The molecule has 8 nitrogen and oxygen atoms in total. The van der Waals surface area contributed by atoms with E-state index in [0.717, 1.165) is 11.1 Å². The zero-order valence-corrected chi connectivity index (χ0v) is 16.1. The van der Waals surface area contributed by atoms with E-state index in [4.69, 9.17) is 22.1 Å². The average molecular weight is 415 g/mol. The molecule has 2 unspecified atom stereocenters. The number of nitrogens with one attached hydrogen (secondary N) is 1. The average Bonchev–Trinajstić information content (AvgIpc) is 3.08. The molecule has 9 heteroatoms. The number of amides is 2. The van der Waals surface area contributed by atoms with Gasteiger partial charge in [-0.1, -0.05) is 11.6 Å². The van der Waals surface area contributed by atoms with Gasteiger partial charge >= 0.3 is 0 Å². The van der Waals surface area contributed by atoms with Gasteiger partial charge in [-0.25, -0.2) is 0 Å². The smallest absolute Gasteiger partial charge is 0.259 e. The summed E-state index contributed by atoms with van der Waals surface area (Å²) < 4.78 is 5.41. The van der Waals surface area contributed by atoms with Gasteiger partial charge in [0, 0.05) is 28.5 Å². The lowest BCUT2D eigenvalue weighted by atomic mass is 10.1. The van der Waals surface area contributed by atoms with Crippen LogP contribution in [0, 0.1) is 0 Å². The maximum absolute atomic E-state index is 12.8. The molecule has 0 spiro atoms. The predicted octanol–water partition coefficient (Wildman–Crippen LogP) is 1.29. The van der Waals surface area contributed by atoms with Gasteiger partial charge in [-0.3, -0.25) is 14.6 Å². The summed E-state index contributed by atoms with van der Waals surface area (Å²) in [4.78, 5) is 30.9. The van der Waals surface area contributed by atoms with Crippen molar-refractivity contribution >= 4 is 40.6 Å². The minimum atomic E-state index is -1.66. The van der Waals surface area contributed by atoms with Crippen molar-refractivity contribution in [2.75, 3.05) is 23.4 Å². The van der Waals surface area contributed by atoms with Crippen LogP contribution < -0.4 is 16.0 Å². The summed E-state index contributed by atoms with van der Waals surface area (Å²) in [6.45, 7) is 0.948. The number of halogens is 1. The number of aliphatic hydroxyl groups excluding tert-OH is 1. The summed E-state index contributed by atoms with van der Waals surface area (Å²) >= 11 is 5.89. The highest BCUT2D eigenvalue weighted by Crippen LogP contribution is 2.24. The predicted molar refractivity (Wildman–Crippen MR) is 109 cm³/mol. The molecule has 0 radical (unpaired) electrons. The van der Waals surface area contributed by atoms with Crippen LogP contribution in [0.3, 0.4) is 0 Å². The monoisotopic (exact) mass is 414 g/mol. The number of ether oxygens (including phenoxy) is 1. The fourth-order valence-corrected chi connectivity index (χ4v) is 3.50. The molecular weight excluding hydrogens is 396 g/mol. The van der Waals surface area contributed by atoms with Crippen molar-refractivity contribution in [3.8, 4) is 0 Å². The third kappa shape index (κ3) is 3.82. The number of nitrogens with zero attached hydrogens (tertiary/aromatic N) is 2. The third-order valence-corrected chi connectivity index (χ3v) is 5.14. The number of amidine groups is 1. The van der Waals surface area contributed by atoms with E-state index in [9.17, 15) is 14.7 Å². The molecule has 2 amide bonds. The molecule has 2 atom stereocenters. The third-order valence-electron chi connectivity index (χ3n) is 4.88. The molecule has 2 aromatic carbocycles. The second-order valence-electron chi connectivity index (χ2n) is 6.77. The molecule has 150 valence electrons. The molecule has 1 fully saturated rings. The topological polar surface area (TPSA) is 117 Å². The summed E-state index contributed by atoms with van der Waals surface area (Å²) in [6, 6.07) is 11.9. The van der Waals surface area contributed by atoms with Crippen molar-refractivity contribution in [1.29, 1.82) is 0 Å². The number of anilines is 2. The Bertz CT molecular complexity index is 992. The highest BCUT2D eigenvalue weighted by Gasteiger charge is 2.39. The van der Waals surface area contributed by atoms with Gasteiger partial charge in [-0.05, 0) is 48.0 Å². The van der Waals surface area contributed by atoms with Gasteiger partial charge in [-0.2, -0.15) is 0 Å². The van der Waals surface area contributed by atoms with Crippen molar-refractivity contribution in [3.05, 3.63) is 58.6 Å². The second-order valence-corrected chi connectivity index (χ2v) is 7.20. The summed E-state index contributed by atoms with van der Waals surface area (Å²) in [7, 11) is 0. The molecule has 2 aliphatic heterocycles. The minimum absolute atomic E-state index is 0.193. The lowest BCUT2D eigenvalue weighted by Gasteiger charge is -2.34. The van der Waals surface area contributed by atoms with Crippen LogP contribution >= 0.6 is 11.6 Å². The van der Waals surface area contributed by atoms with E-state index >= 15 is 0 Å². The largest absolute Gasteiger partial charge is 0.383 e. The number of aliphatic hydroxyl groups is 1. The lowest BCUT2D eigenvalue weighted by molar-refractivity contribution is -0.150. The Morgan fingerprint density at radius 2 is 2.07 bits per heavy atom. The second kappa shape index (κ2) is 7.82. The summed E-state index contributed by atoms with van der Waals surface area (Å²) in [5.41, 5.74) is 8.60. The van der Waals surface area contributed by atoms with Gasteiger partial charge in [0.15, 0.2) is 12.2 Å². The van der Waals surface area contributed by atoms with Crippen molar-refractivity contribution in [2.45, 2.75) is 18.8 Å². The fourth-order valence-electron chi connectivity index (χ4n) is 3.37. The van der Waals surface area contributed by atoms with Crippen molar-refractivity contribution in [2.24, 2.45) is 10.7 Å². The van der Waals surface area contributed by atoms with Gasteiger partial charge in [0.05, 0.1) is 13.2 Å². The van der Waals surface area contributed by atoms with Gasteiger partial charge < -0.3 is 25.8 Å². The van der Waals surface area contributed by atoms with E-state index in [0.29, 0.717) is 35.3 Å². The van der Waals surface area contributed by atoms with Crippen LogP contribution in [0.5, 0.6) is 0 Å². The van der Waals surface area contributed by atoms with Gasteiger partial charge in [0.25, 0.3) is 11.8 Å². The summed E-state index contributed by atoms with van der Waals surface area (Å²) in [6.07, 6.45) is -2.96. The number of hydrogen-bond acceptors (Lipinski definition) is 6. The number of fused-ring (bicyclic) bond motifs is 1. The number of aliphatic imine (C=N–C) groups is 1. The molecule has 2 aromatic rings. The Morgan fingerprint density at radius 1 is 1.31 bits per heavy atom. The number of carbonyl (C=O) groups excluding carboxylic acids is 2. The Morgan fingerprint density at radius 3 is 2.83 bits per heavy atom. The van der Waals surface area contributed by atoms with Gasteiger partial charge in [0.2, 0.25) is 0 Å². The van der Waals surface area contributed by atoms with E-state index in [2.05, 4.69) is 10.3 Å². The molecule has 29 heavy (non-hydrogen) atoms. The standard InChI is InChI=1S/C20H19ClN4O4/c21-12-1-4-14(5-2-12)25-7-8-29-17(20(25)28)16(26)19(27)24-13-3-6-15-11(9-13)10-23-18(15)22/h1-6,9,16-17,26H,7-8,10H2,(H2,22,23)(H,24,27). The van der Waals surface area contributed by atoms with E-state index in [1.165, 1.54) is 4.90 Å². The molecule has 0 aliphatic carbocycles. The van der Waals surface area contributed by atoms with Crippen LogP contribution in [0.1, 0.15) is 11.1 Å². The van der Waals surface area contributed by atoms with Crippen LogP contribution in [0.2, 0.25) is 5.02 Å². The van der Waals surface area contributed by atoms with Crippen molar-refractivity contribution < 1.29 is 19.4 Å². The van der Waals surface area contributed by atoms with Crippen LogP contribution in [-0.2, 0) is 20.9 Å². The lowest BCUT2D eigenvalue weighted by Crippen LogP contribution is -2.55. The number of benzene rings is 2. The summed E-state index contributed by atoms with van der Waals surface area (Å²) in [5, 5.41) is 13.6. The molecule has 1 saturated heterocycles. The molecule has 2 aliphatic rings. The SMILES string of the molecule is NC1=NCc2cc(NC(=O)C(O)C3OCCN(c4ccc(Cl)cc4)C3=O)ccc21. The van der Waals surface area contributed by atoms with E-state index in [1.54, 1.807) is 42.5 Å². The zero-order valence-electron chi connectivity index (χ0n) is 15.3. The first kappa shape index (κ1) is 19.4. The molecule has 0 bridgehead atoms. The van der Waals surface area contributed by atoms with E-state index in [1.807, 2.05) is 0 Å². The Kier molecular flexibility index (Phi) is 5.23. The quantitative estimate of drug-likeness (QED) is 0.696. The number of hydrogen-bond donors (Lipinski definition) is 3. The number of carbonyl (C=O) groups is 2. The highest BCUT2D eigenvalue weighted by atomic mass is 35.5. The molecular formula is C20H19ClN4O4. The summed E-state index contributed by atoms with van der Waals surface area (Å²) in [5.74, 6) is -0.758. The van der Waals surface area contributed by atoms with Gasteiger partial charge in [-0.15, -0.1) is 0 Å². The number of nitrogens with two attached hydrogens (primary N) is 1. The van der Waals surface area contributed by atoms with Crippen LogP contribution in [0.25, 0.3) is 0 Å².